The number of methoxy groups -OCH3 is 1. The van der Waals surface area contributed by atoms with Crippen LogP contribution in [0.2, 0.25) is 0 Å². The monoisotopic (exact) mass is 898 g/mol. The van der Waals surface area contributed by atoms with E-state index in [-0.39, 0.29) is 85.9 Å². The number of cyclic esters (lactones) is 1. The fourth-order valence-electron chi connectivity index (χ4n) is 9.87. The fourth-order valence-corrected chi connectivity index (χ4v) is 9.87. The molecule has 2 aliphatic heterocycles. The number of hydrogen-bond acceptors (Lipinski definition) is 11. The molecule has 1 aliphatic carbocycles. The van der Waals surface area contributed by atoms with E-state index in [2.05, 4.69) is 0 Å². The van der Waals surface area contributed by atoms with Crippen molar-refractivity contribution in [1.29, 1.82) is 0 Å². The van der Waals surface area contributed by atoms with Crippen LogP contribution in [0.3, 0.4) is 0 Å². The van der Waals surface area contributed by atoms with Crippen LogP contribution in [-0.2, 0) is 33.4 Å². The van der Waals surface area contributed by atoms with Crippen molar-refractivity contribution in [2.24, 2.45) is 47.3 Å². The highest BCUT2D eigenvalue weighted by Crippen LogP contribution is 2.36. The second kappa shape index (κ2) is 25.6. The number of Topliss-reactive ketones (excluding diaryl/α,β-unsaturated/α-hetero) is 3. The third kappa shape index (κ3) is 15.7. The lowest BCUT2D eigenvalue weighted by molar-refractivity contribution is -0.169. The van der Waals surface area contributed by atoms with Gasteiger partial charge in [-0.1, -0.05) is 84.9 Å². The molecular formula is C52H83NO11. The molecule has 12 nitrogen and oxygen atoms in total. The lowest BCUT2D eigenvalue weighted by Gasteiger charge is -2.38. The van der Waals surface area contributed by atoms with Gasteiger partial charge in [-0.2, -0.15) is 0 Å². The summed E-state index contributed by atoms with van der Waals surface area (Å²) in [5.74, 6) is -5.26. The molecular weight excluding hydrogens is 815 g/mol. The number of carbonyl (C=O) groups is 5. The Labute approximate surface area is 384 Å². The molecule has 1 saturated carbocycles. The number of esters is 1. The van der Waals surface area contributed by atoms with Crippen LogP contribution >= 0.6 is 0 Å². The quantitative estimate of drug-likeness (QED) is 0.125. The maximum Gasteiger partial charge on any atom is 0.329 e. The fraction of sp³-hybridized carbons (Fsp3) is 0.750. The Kier molecular flexibility index (Phi) is 22.0. The molecule has 0 aromatic carbocycles. The number of ketones is 3. The summed E-state index contributed by atoms with van der Waals surface area (Å²) in [6.45, 7) is 18.0. The first-order valence-electron chi connectivity index (χ1n) is 24.1. The Morgan fingerprint density at radius 3 is 2.20 bits per heavy atom. The van der Waals surface area contributed by atoms with Crippen LogP contribution in [0.15, 0.2) is 47.6 Å². The summed E-state index contributed by atoms with van der Waals surface area (Å²) in [5.41, 5.74) is -0.694. The first kappa shape index (κ1) is 55.0. The van der Waals surface area contributed by atoms with Crippen LogP contribution in [0.5, 0.6) is 0 Å². The Balaban J connectivity index is 1.98. The molecule has 15 atom stereocenters. The van der Waals surface area contributed by atoms with Gasteiger partial charge in [0, 0.05) is 44.2 Å². The molecule has 0 bridgehead atoms. The maximum absolute atomic E-state index is 14.2. The number of fused-ring (bicyclic) bond motifs is 1. The number of ether oxygens (including phenoxy) is 2. The van der Waals surface area contributed by atoms with Crippen molar-refractivity contribution in [3.05, 3.63) is 47.6 Å². The van der Waals surface area contributed by atoms with Gasteiger partial charge in [-0.05, 0) is 126 Å². The molecule has 1 saturated heterocycles. The van der Waals surface area contributed by atoms with Crippen LogP contribution in [0.4, 0.5) is 0 Å². The van der Waals surface area contributed by atoms with E-state index in [1.54, 1.807) is 40.9 Å². The summed E-state index contributed by atoms with van der Waals surface area (Å²) in [5, 5.41) is 44.4. The van der Waals surface area contributed by atoms with Gasteiger partial charge in [-0.25, -0.2) is 4.79 Å². The van der Waals surface area contributed by atoms with Crippen LogP contribution in [0, 0.1) is 47.3 Å². The molecule has 1 unspecified atom stereocenters. The van der Waals surface area contributed by atoms with Gasteiger partial charge in [0.1, 0.15) is 29.3 Å². The predicted molar refractivity (Wildman–Crippen MR) is 249 cm³/mol. The Bertz CT molecular complexity index is 1700. The van der Waals surface area contributed by atoms with E-state index in [4.69, 9.17) is 9.47 Å². The molecule has 2 heterocycles. The van der Waals surface area contributed by atoms with Gasteiger partial charge in [-0.3, -0.25) is 19.2 Å². The number of nitrogens with zero attached hydrogens (tertiary/aromatic N) is 1. The molecule has 64 heavy (non-hydrogen) atoms. The first-order valence-corrected chi connectivity index (χ1v) is 24.1. The molecule has 0 aromatic heterocycles. The van der Waals surface area contributed by atoms with Gasteiger partial charge < -0.3 is 34.8 Å². The first-order chi connectivity index (χ1) is 30.0. The molecule has 0 spiro atoms. The molecule has 0 aromatic rings. The number of rotatable bonds is 4. The number of hydrogen-bond donors (Lipinski definition) is 4. The van der Waals surface area contributed by atoms with Gasteiger partial charge in [0.05, 0.1) is 24.4 Å². The lowest BCUT2D eigenvalue weighted by Crippen LogP contribution is -2.57. The van der Waals surface area contributed by atoms with Crippen molar-refractivity contribution in [1.82, 2.24) is 4.90 Å². The minimum atomic E-state index is -2.08. The van der Waals surface area contributed by atoms with Crippen molar-refractivity contribution >= 4 is 29.2 Å². The summed E-state index contributed by atoms with van der Waals surface area (Å²) < 4.78 is 11.9. The maximum atomic E-state index is 14.2. The van der Waals surface area contributed by atoms with Crippen LogP contribution in [0.1, 0.15) is 146 Å². The summed E-state index contributed by atoms with van der Waals surface area (Å²) in [6, 6.07) is -1.09. The summed E-state index contributed by atoms with van der Waals surface area (Å²) in [6.07, 6.45) is 13.3. The minimum absolute atomic E-state index is 0.0721. The highest BCUT2D eigenvalue weighted by atomic mass is 16.5. The van der Waals surface area contributed by atoms with Crippen LogP contribution in [0.25, 0.3) is 0 Å². The average Bonchev–Trinajstić information content (AvgIpc) is 3.26. The zero-order valence-corrected chi connectivity index (χ0v) is 40.8. The zero-order valence-electron chi connectivity index (χ0n) is 40.8. The van der Waals surface area contributed by atoms with E-state index in [0.29, 0.717) is 37.7 Å². The normalized spacial score (nSPS) is 40.4. The standard InChI is InChI=1S/C52H83NO11/c1-31-17-13-12-14-18-32(2)45(63-11)29-41(54)22-20-38(8)52(10,62)49(59)50(60)53-24-16-15-19-42(53)51(61)64-46(35(5)28-40-21-23-43(55)34(4)27-40)30-44(56)33(3)26-37(7)48(58)39(9)47(57)36(6)25-31/h12-14,17-18,26,31,33-36,38-43,45-46,48,54-55,58,62H,15-16,19-25,27-30H2,1-11H3/b14-12+,17-13+,32-18+,37-26+/t31-,33-,34-,35-,36-,38-,39+,40-,41+,42+,43-,45+,46?,48-,52+/m1/s1. The van der Waals surface area contributed by atoms with Crippen molar-refractivity contribution < 1.29 is 53.9 Å². The van der Waals surface area contributed by atoms with E-state index < -0.39 is 71.5 Å². The lowest BCUT2D eigenvalue weighted by atomic mass is 9.75. The molecule has 0 radical (unpaired) electrons. The van der Waals surface area contributed by atoms with Crippen LogP contribution < -0.4 is 0 Å². The third-order valence-corrected chi connectivity index (χ3v) is 14.7. The molecule has 2 fully saturated rings. The van der Waals surface area contributed by atoms with Crippen molar-refractivity contribution in [3.63, 3.8) is 0 Å². The number of piperidine rings is 1. The molecule has 3 aliphatic rings. The van der Waals surface area contributed by atoms with Gasteiger partial charge in [-0.15, -0.1) is 0 Å². The van der Waals surface area contributed by atoms with E-state index in [9.17, 15) is 44.4 Å². The highest BCUT2D eigenvalue weighted by Gasteiger charge is 2.46. The zero-order chi connectivity index (χ0) is 48.1. The van der Waals surface area contributed by atoms with E-state index >= 15 is 0 Å². The molecule has 4 N–H and O–H groups in total. The molecule has 3 rings (SSSR count). The second-order valence-corrected chi connectivity index (χ2v) is 20.3. The molecule has 12 heteroatoms. The smallest absolute Gasteiger partial charge is 0.329 e. The summed E-state index contributed by atoms with van der Waals surface area (Å²) in [4.78, 5) is 70.9. The van der Waals surface area contributed by atoms with Gasteiger partial charge >= 0.3 is 5.97 Å². The number of amides is 1. The van der Waals surface area contributed by atoms with Crippen LogP contribution in [-0.4, -0.2) is 110 Å². The van der Waals surface area contributed by atoms with E-state index in [0.717, 1.165) is 18.4 Å². The van der Waals surface area contributed by atoms with Gasteiger partial charge in [0.15, 0.2) is 0 Å². The SMILES string of the molecule is CO[C@H]1C[C@@H](O)CC[C@@H](C)[C@](C)(O)C(=O)C(=O)N2CCCC[C@H]2C(=O)OC([C@H](C)C[C@@H]2CC[C@@H](O)[C@H](C)C2)CC(=O)[C@H](C)/C=C(\C)[C@@H](O)[C@@H](C)C(=O)[C@H](C)C[C@H](C)/C=C/C=C/C=C/1C. The van der Waals surface area contributed by atoms with E-state index in [1.165, 1.54) is 11.8 Å². The van der Waals surface area contributed by atoms with Crippen molar-refractivity contribution in [2.75, 3.05) is 13.7 Å². The molecule has 362 valence electrons. The topological polar surface area (TPSA) is 188 Å². The number of aliphatic hydroxyl groups is 4. The van der Waals surface area contributed by atoms with E-state index in [1.807, 2.05) is 65.0 Å². The largest absolute Gasteiger partial charge is 0.460 e. The van der Waals surface area contributed by atoms with Crippen molar-refractivity contribution in [2.45, 2.75) is 188 Å². The minimum Gasteiger partial charge on any atom is -0.460 e. The Morgan fingerprint density at radius 2 is 1.55 bits per heavy atom. The van der Waals surface area contributed by atoms with Gasteiger partial charge in [0.2, 0.25) is 0 Å². The third-order valence-electron chi connectivity index (χ3n) is 14.7. The Morgan fingerprint density at radius 1 is 0.859 bits per heavy atom. The highest BCUT2D eigenvalue weighted by molar-refractivity contribution is 6.39. The van der Waals surface area contributed by atoms with Crippen molar-refractivity contribution in [3.8, 4) is 0 Å². The van der Waals surface area contributed by atoms with Gasteiger partial charge in [0.25, 0.3) is 11.7 Å². The Hall–Kier alpha value is -3.29. The number of aliphatic hydroxyl groups excluding tert-OH is 3. The summed E-state index contributed by atoms with van der Waals surface area (Å²) in [7, 11) is 1.57. The number of allylic oxidation sites excluding steroid dienone is 6. The second-order valence-electron chi connectivity index (χ2n) is 20.3. The summed E-state index contributed by atoms with van der Waals surface area (Å²) >= 11 is 0. The number of carbonyl (C=O) groups excluding carboxylic acids is 5. The molecule has 1 amide bonds. The average molecular weight is 898 g/mol. The predicted octanol–water partition coefficient (Wildman–Crippen LogP) is 7.45.